The van der Waals surface area contributed by atoms with Crippen molar-refractivity contribution >= 4 is 65.8 Å². The highest BCUT2D eigenvalue weighted by Crippen LogP contribution is 2.14. The first kappa shape index (κ1) is 67.4. The molecule has 0 fully saturated rings. The first-order chi connectivity index (χ1) is 38.2. The summed E-state index contributed by atoms with van der Waals surface area (Å²) >= 11 is 0. The first-order valence-corrected chi connectivity index (χ1v) is 27.2. The van der Waals surface area contributed by atoms with Crippen LogP contribution in [-0.2, 0) is 0 Å². The molecule has 0 saturated carbocycles. The van der Waals surface area contributed by atoms with Gasteiger partial charge in [-0.3, -0.25) is 34.9 Å². The lowest BCUT2D eigenvalue weighted by molar-refractivity contribution is 1.08. The molecule has 12 nitrogen and oxygen atoms in total. The molecule has 0 aliphatic rings. The lowest BCUT2D eigenvalue weighted by Gasteiger charge is -1.95. The predicted octanol–water partition coefficient (Wildman–Crippen LogP) is 17.8. The van der Waals surface area contributed by atoms with Crippen LogP contribution in [0.15, 0.2) is 183 Å². The van der Waals surface area contributed by atoms with Crippen LogP contribution in [0.2, 0.25) is 0 Å². The summed E-state index contributed by atoms with van der Waals surface area (Å²) in [6.45, 7) is 36.1. The standard InChI is InChI=1S/6C9H8N2.6C2H6/c1-7-2-3-8-5-10-6-11-9(8)4-7;1-7-2-3-8-6-10-5-4-9(8)11-7;1-7-2-3-9-8(6-7)4-5-10-11-9;1-7-2-3-8-9(6-7)11-5-4-10-8;1-7-4-5-8-9(11-7)3-2-6-10-8;1-7-6-10-8-4-2-3-5-9(8)11-7;6*1-2/h6*2-6H,1H3;6*1-2H3. The number of para-hydroxylation sites is 2. The van der Waals surface area contributed by atoms with E-state index in [4.69, 9.17) is 0 Å². The number of aryl methyl sites for hydroxylation is 6. The van der Waals surface area contributed by atoms with Gasteiger partial charge in [-0.25, -0.2) is 15.0 Å². The van der Waals surface area contributed by atoms with Gasteiger partial charge in [0.05, 0.1) is 61.5 Å². The third-order valence-electron chi connectivity index (χ3n) is 9.75. The molecule has 0 N–H and O–H groups in total. The van der Waals surface area contributed by atoms with Crippen molar-refractivity contribution in [1.29, 1.82) is 0 Å². The molecule has 8 aromatic heterocycles. The van der Waals surface area contributed by atoms with Crippen molar-refractivity contribution in [2.75, 3.05) is 0 Å². The van der Waals surface area contributed by atoms with Crippen molar-refractivity contribution in [3.63, 3.8) is 0 Å². The van der Waals surface area contributed by atoms with E-state index in [0.717, 1.165) is 82.9 Å². The number of nitrogens with zero attached hydrogens (tertiary/aromatic N) is 12. The van der Waals surface area contributed by atoms with Crippen LogP contribution < -0.4 is 0 Å². The Bertz CT molecular complexity index is 2890. The second kappa shape index (κ2) is 40.6. The number of fused-ring (bicyclic) bond motifs is 6. The Morgan fingerprint density at radius 3 is 1.44 bits per heavy atom. The molecule has 0 unspecified atom stereocenters. The van der Waals surface area contributed by atoms with E-state index in [1.54, 1.807) is 43.5 Å². The Kier molecular flexibility index (Phi) is 35.1. The molecule has 0 aliphatic carbocycles. The molecule has 0 radical (unpaired) electrons. The molecule has 12 aromatic rings. The average Bonchev–Trinajstić information content (AvgIpc) is 3.51. The summed E-state index contributed by atoms with van der Waals surface area (Å²) in [4.78, 5) is 41.7. The van der Waals surface area contributed by atoms with Gasteiger partial charge < -0.3 is 0 Å². The van der Waals surface area contributed by atoms with Crippen LogP contribution in [0.3, 0.4) is 0 Å². The summed E-state index contributed by atoms with van der Waals surface area (Å²) in [6, 6.07) is 41.9. The SMILES string of the molecule is CC.CC.CC.CC.CC.CC.Cc1ccc2cnccc2n1.Cc1ccc2cncnc2c1.Cc1ccc2ncccc2n1.Cc1ccc2nccnc2c1.Cc1ccc2nnccc2c1.Cc1cnc2ccccc2n1. The molecular formula is C66H84N12. The summed E-state index contributed by atoms with van der Waals surface area (Å²) < 4.78 is 0. The van der Waals surface area contributed by atoms with Crippen molar-refractivity contribution in [2.45, 2.75) is 125 Å². The molecule has 8 heterocycles. The zero-order chi connectivity index (χ0) is 58.1. The maximum atomic E-state index is 4.34. The second-order valence-corrected chi connectivity index (χ2v) is 15.2. The minimum atomic E-state index is 0.957. The van der Waals surface area contributed by atoms with Crippen LogP contribution in [0.4, 0.5) is 0 Å². The Morgan fingerprint density at radius 2 is 0.744 bits per heavy atom. The molecule has 78 heavy (non-hydrogen) atoms. The Labute approximate surface area is 465 Å². The van der Waals surface area contributed by atoms with Crippen LogP contribution in [0, 0.1) is 41.5 Å². The van der Waals surface area contributed by atoms with Gasteiger partial charge in [-0.2, -0.15) is 10.2 Å². The molecule has 408 valence electrons. The zero-order valence-electron chi connectivity index (χ0n) is 49.7. The summed E-state index contributed by atoms with van der Waals surface area (Å²) in [5.74, 6) is 0. The highest BCUT2D eigenvalue weighted by atomic mass is 15.1. The maximum Gasteiger partial charge on any atom is 0.116 e. The van der Waals surface area contributed by atoms with Crippen LogP contribution in [0.5, 0.6) is 0 Å². The number of hydrogen-bond donors (Lipinski definition) is 0. The number of benzene rings is 4. The molecule has 0 aliphatic heterocycles. The van der Waals surface area contributed by atoms with Gasteiger partial charge in [0, 0.05) is 70.9 Å². The van der Waals surface area contributed by atoms with E-state index in [9.17, 15) is 0 Å². The van der Waals surface area contributed by atoms with E-state index in [0.29, 0.717) is 0 Å². The fourth-order valence-electron chi connectivity index (χ4n) is 6.44. The minimum Gasteiger partial charge on any atom is -0.264 e. The summed E-state index contributed by atoms with van der Waals surface area (Å²) in [6.07, 6.45) is 15.7. The van der Waals surface area contributed by atoms with Crippen LogP contribution in [0.25, 0.3) is 65.8 Å². The summed E-state index contributed by atoms with van der Waals surface area (Å²) in [5, 5.41) is 11.1. The van der Waals surface area contributed by atoms with Crippen molar-refractivity contribution in [1.82, 2.24) is 60.0 Å². The van der Waals surface area contributed by atoms with Gasteiger partial charge in [0.1, 0.15) is 6.33 Å². The van der Waals surface area contributed by atoms with E-state index < -0.39 is 0 Å². The van der Waals surface area contributed by atoms with E-state index in [1.807, 2.05) is 232 Å². The topological polar surface area (TPSA) is 155 Å². The van der Waals surface area contributed by atoms with Gasteiger partial charge in [-0.1, -0.05) is 125 Å². The molecule has 0 atom stereocenters. The van der Waals surface area contributed by atoms with E-state index in [1.165, 1.54) is 16.7 Å². The number of rotatable bonds is 0. The number of pyridine rings is 4. The highest BCUT2D eigenvalue weighted by molar-refractivity contribution is 5.79. The smallest absolute Gasteiger partial charge is 0.116 e. The third-order valence-corrected chi connectivity index (χ3v) is 9.75. The number of hydrogen-bond acceptors (Lipinski definition) is 12. The van der Waals surface area contributed by atoms with Gasteiger partial charge in [-0.05, 0) is 144 Å². The second-order valence-electron chi connectivity index (χ2n) is 15.2. The van der Waals surface area contributed by atoms with Gasteiger partial charge in [0.2, 0.25) is 0 Å². The molecule has 0 saturated heterocycles. The lowest BCUT2D eigenvalue weighted by Crippen LogP contribution is -1.85. The molecule has 12 rings (SSSR count). The van der Waals surface area contributed by atoms with E-state index in [2.05, 4.69) is 92.1 Å². The van der Waals surface area contributed by atoms with Crippen LogP contribution in [-0.4, -0.2) is 60.0 Å². The zero-order valence-corrected chi connectivity index (χ0v) is 49.7. The third kappa shape index (κ3) is 23.9. The van der Waals surface area contributed by atoms with Gasteiger partial charge in [0.15, 0.2) is 0 Å². The van der Waals surface area contributed by atoms with Crippen LogP contribution in [0.1, 0.15) is 117 Å². The normalized spacial score (nSPS) is 9.15. The fourth-order valence-corrected chi connectivity index (χ4v) is 6.44. The van der Waals surface area contributed by atoms with Crippen molar-refractivity contribution in [2.24, 2.45) is 0 Å². The predicted molar refractivity (Wildman–Crippen MR) is 334 cm³/mol. The maximum absolute atomic E-state index is 4.34. The van der Waals surface area contributed by atoms with Gasteiger partial charge in [0.25, 0.3) is 0 Å². The van der Waals surface area contributed by atoms with Crippen LogP contribution >= 0.6 is 0 Å². The Hall–Kier alpha value is -8.64. The van der Waals surface area contributed by atoms with E-state index >= 15 is 0 Å². The fraction of sp³-hybridized carbons (Fsp3) is 0.273. The quantitative estimate of drug-likeness (QED) is 0.142. The average molecular weight is 1050 g/mol. The summed E-state index contributed by atoms with van der Waals surface area (Å²) in [5.41, 5.74) is 15.5. The summed E-state index contributed by atoms with van der Waals surface area (Å²) in [7, 11) is 0. The van der Waals surface area contributed by atoms with Crippen molar-refractivity contribution < 1.29 is 0 Å². The highest BCUT2D eigenvalue weighted by Gasteiger charge is 1.97. The molecular weight excluding hydrogens is 961 g/mol. The van der Waals surface area contributed by atoms with Crippen molar-refractivity contribution in [3.05, 3.63) is 217 Å². The largest absolute Gasteiger partial charge is 0.264 e. The molecule has 0 bridgehead atoms. The monoisotopic (exact) mass is 1040 g/mol. The molecule has 0 amide bonds. The number of aromatic nitrogens is 12. The van der Waals surface area contributed by atoms with Crippen molar-refractivity contribution in [3.8, 4) is 0 Å². The molecule has 12 heteroatoms. The lowest BCUT2D eigenvalue weighted by atomic mass is 10.2. The molecule has 4 aromatic carbocycles. The Balaban J connectivity index is 0.000000450. The Morgan fingerprint density at radius 1 is 0.269 bits per heavy atom. The minimum absolute atomic E-state index is 0.957. The van der Waals surface area contributed by atoms with Gasteiger partial charge >= 0.3 is 0 Å². The van der Waals surface area contributed by atoms with E-state index in [-0.39, 0.29) is 0 Å². The first-order valence-electron chi connectivity index (χ1n) is 27.2. The van der Waals surface area contributed by atoms with Gasteiger partial charge in [-0.15, -0.1) is 0 Å². The molecule has 0 spiro atoms.